The molecule has 39 heavy (non-hydrogen) atoms. The lowest BCUT2D eigenvalue weighted by atomic mass is 9.95. The largest absolute Gasteiger partial charge is 0.144 e. The van der Waals surface area contributed by atoms with Crippen LogP contribution in [0.4, 0.5) is 0 Å². The van der Waals surface area contributed by atoms with Gasteiger partial charge < -0.3 is 0 Å². The second kappa shape index (κ2) is 16.6. The van der Waals surface area contributed by atoms with Gasteiger partial charge in [-0.1, -0.05) is 78.6 Å². The van der Waals surface area contributed by atoms with Gasteiger partial charge in [0.15, 0.2) is 0 Å². The molecular formula is C36H48S3. The lowest BCUT2D eigenvalue weighted by Crippen LogP contribution is -1.91. The van der Waals surface area contributed by atoms with Gasteiger partial charge in [-0.15, -0.1) is 34.0 Å². The molecule has 0 radical (unpaired) electrons. The molecule has 0 N–H and O–H groups in total. The molecule has 3 aromatic heterocycles. The van der Waals surface area contributed by atoms with E-state index in [1.54, 1.807) is 0 Å². The maximum atomic E-state index is 2.50. The summed E-state index contributed by atoms with van der Waals surface area (Å²) in [5.74, 6) is 0. The zero-order chi connectivity index (χ0) is 27.3. The summed E-state index contributed by atoms with van der Waals surface area (Å²) in [7, 11) is 0. The highest BCUT2D eigenvalue weighted by Crippen LogP contribution is 2.42. The van der Waals surface area contributed by atoms with E-state index in [1.807, 2.05) is 34.0 Å². The van der Waals surface area contributed by atoms with Gasteiger partial charge in [-0.25, -0.2) is 0 Å². The molecule has 0 bridgehead atoms. The van der Waals surface area contributed by atoms with Crippen molar-refractivity contribution in [3.8, 4) is 31.3 Å². The molecule has 0 fully saturated rings. The van der Waals surface area contributed by atoms with Gasteiger partial charge >= 0.3 is 0 Å². The smallest absolute Gasteiger partial charge is 0.0375 e. The van der Waals surface area contributed by atoms with Crippen LogP contribution in [0.15, 0.2) is 52.5 Å². The normalized spacial score (nSPS) is 11.5. The first kappa shape index (κ1) is 30.3. The number of benzene rings is 1. The third-order valence-corrected chi connectivity index (χ3v) is 10.9. The van der Waals surface area contributed by atoms with E-state index >= 15 is 0 Å². The Hall–Kier alpha value is -1.68. The Kier molecular flexibility index (Phi) is 12.9. The second-order valence-corrected chi connectivity index (χ2v) is 13.8. The molecule has 0 atom stereocenters. The minimum Gasteiger partial charge on any atom is -0.144 e. The molecule has 4 aromatic rings. The molecule has 3 heteroatoms. The quantitative estimate of drug-likeness (QED) is 0.103. The lowest BCUT2D eigenvalue weighted by molar-refractivity contribution is 0.668. The number of thiophene rings is 3. The Morgan fingerprint density at radius 3 is 1.00 bits per heavy atom. The van der Waals surface area contributed by atoms with E-state index in [0.29, 0.717) is 0 Å². The van der Waals surface area contributed by atoms with Crippen molar-refractivity contribution in [3.63, 3.8) is 0 Å². The first-order chi connectivity index (χ1) is 19.2. The van der Waals surface area contributed by atoms with E-state index in [0.717, 1.165) is 0 Å². The van der Waals surface area contributed by atoms with Gasteiger partial charge in [0.2, 0.25) is 0 Å². The molecule has 0 saturated carbocycles. The highest BCUT2D eigenvalue weighted by molar-refractivity contribution is 7.14. The monoisotopic (exact) mass is 576 g/mol. The van der Waals surface area contributed by atoms with Gasteiger partial charge in [-0.2, -0.15) is 0 Å². The predicted molar refractivity (Wildman–Crippen MR) is 180 cm³/mol. The van der Waals surface area contributed by atoms with Gasteiger partial charge in [-0.3, -0.25) is 0 Å². The summed E-state index contributed by atoms with van der Waals surface area (Å²) in [5.41, 5.74) is 8.86. The molecule has 0 saturated heterocycles. The van der Waals surface area contributed by atoms with Crippen LogP contribution in [0.2, 0.25) is 0 Å². The standard InChI is InChI=1S/C36H48S3/c1-4-7-10-13-16-28-19-22-37-34(28)31-25-32(35-29(20-23-38-35)17-14-11-8-5-2)27-33(26-31)36-30(21-24-39-36)18-15-12-9-6-3/h19-27H,4-18H2,1-3H3. The summed E-state index contributed by atoms with van der Waals surface area (Å²) in [6, 6.07) is 14.6. The van der Waals surface area contributed by atoms with Crippen molar-refractivity contribution in [2.45, 2.75) is 117 Å². The lowest BCUT2D eigenvalue weighted by Gasteiger charge is -2.13. The van der Waals surface area contributed by atoms with Gasteiger partial charge in [0, 0.05) is 14.6 Å². The summed E-state index contributed by atoms with van der Waals surface area (Å²) in [6.45, 7) is 6.90. The second-order valence-electron chi connectivity index (χ2n) is 11.1. The molecule has 4 rings (SSSR count). The molecule has 0 aliphatic carbocycles. The topological polar surface area (TPSA) is 0 Å². The number of hydrogen-bond donors (Lipinski definition) is 0. The Bertz CT molecular complexity index is 1070. The van der Waals surface area contributed by atoms with Crippen LogP contribution in [0.5, 0.6) is 0 Å². The summed E-state index contributed by atoms with van der Waals surface area (Å²) < 4.78 is 0. The summed E-state index contributed by atoms with van der Waals surface area (Å²) >= 11 is 5.80. The molecule has 3 heterocycles. The third-order valence-electron chi connectivity index (χ3n) is 7.86. The van der Waals surface area contributed by atoms with E-state index in [1.165, 1.54) is 144 Å². The molecule has 0 aliphatic heterocycles. The van der Waals surface area contributed by atoms with Crippen molar-refractivity contribution >= 4 is 34.0 Å². The van der Waals surface area contributed by atoms with Crippen molar-refractivity contribution in [2.24, 2.45) is 0 Å². The van der Waals surface area contributed by atoms with Gasteiger partial charge in [0.1, 0.15) is 0 Å². The van der Waals surface area contributed by atoms with Crippen LogP contribution >= 0.6 is 34.0 Å². The third kappa shape index (κ3) is 8.65. The number of hydrogen-bond acceptors (Lipinski definition) is 3. The SMILES string of the molecule is CCCCCCc1ccsc1-c1cc(-c2sccc2CCCCCC)cc(-c2sccc2CCCCCC)c1. The highest BCUT2D eigenvalue weighted by atomic mass is 32.1. The molecule has 0 unspecified atom stereocenters. The Morgan fingerprint density at radius 2 is 0.718 bits per heavy atom. The predicted octanol–water partition coefficient (Wildman–Crippen LogP) is 13.2. The minimum absolute atomic E-state index is 1.20. The average molecular weight is 577 g/mol. The fourth-order valence-electron chi connectivity index (χ4n) is 5.61. The molecule has 0 spiro atoms. The maximum absolute atomic E-state index is 2.50. The first-order valence-electron chi connectivity index (χ1n) is 15.6. The summed E-state index contributed by atoms with van der Waals surface area (Å²) in [4.78, 5) is 4.45. The minimum atomic E-state index is 1.20. The highest BCUT2D eigenvalue weighted by Gasteiger charge is 2.16. The van der Waals surface area contributed by atoms with E-state index in [-0.39, 0.29) is 0 Å². The Morgan fingerprint density at radius 1 is 0.410 bits per heavy atom. The molecular weight excluding hydrogens is 529 g/mol. The molecule has 0 nitrogen and oxygen atoms in total. The molecule has 1 aromatic carbocycles. The van der Waals surface area contributed by atoms with Crippen LogP contribution in [0.3, 0.4) is 0 Å². The fraction of sp³-hybridized carbons (Fsp3) is 0.500. The summed E-state index contributed by atoms with van der Waals surface area (Å²) in [6.07, 6.45) is 19.4. The zero-order valence-corrected chi connectivity index (χ0v) is 27.0. The number of aryl methyl sites for hydroxylation is 3. The van der Waals surface area contributed by atoms with Crippen LogP contribution in [-0.2, 0) is 19.3 Å². The number of unbranched alkanes of at least 4 members (excludes halogenated alkanes) is 9. The van der Waals surface area contributed by atoms with E-state index in [2.05, 4.69) is 73.3 Å². The van der Waals surface area contributed by atoms with Crippen molar-refractivity contribution in [2.75, 3.05) is 0 Å². The van der Waals surface area contributed by atoms with Crippen LogP contribution < -0.4 is 0 Å². The molecule has 210 valence electrons. The molecule has 0 aliphatic rings. The van der Waals surface area contributed by atoms with Crippen molar-refractivity contribution in [3.05, 3.63) is 69.2 Å². The van der Waals surface area contributed by atoms with E-state index < -0.39 is 0 Å². The zero-order valence-electron chi connectivity index (χ0n) is 24.5. The molecule has 0 amide bonds. The maximum Gasteiger partial charge on any atom is 0.0375 e. The van der Waals surface area contributed by atoms with E-state index in [4.69, 9.17) is 0 Å². The van der Waals surface area contributed by atoms with Crippen LogP contribution in [0.25, 0.3) is 31.3 Å². The van der Waals surface area contributed by atoms with Crippen molar-refractivity contribution in [1.29, 1.82) is 0 Å². The average Bonchev–Trinajstić information content (AvgIpc) is 3.72. The van der Waals surface area contributed by atoms with E-state index in [9.17, 15) is 0 Å². The van der Waals surface area contributed by atoms with Crippen LogP contribution in [-0.4, -0.2) is 0 Å². The summed E-state index contributed by atoms with van der Waals surface area (Å²) in [5, 5.41) is 6.93. The van der Waals surface area contributed by atoms with Crippen molar-refractivity contribution < 1.29 is 0 Å². The van der Waals surface area contributed by atoms with Gasteiger partial charge in [-0.05, 0) is 124 Å². The van der Waals surface area contributed by atoms with Gasteiger partial charge in [0.05, 0.1) is 0 Å². The van der Waals surface area contributed by atoms with Gasteiger partial charge in [0.25, 0.3) is 0 Å². The first-order valence-corrected chi connectivity index (χ1v) is 18.2. The Balaban J connectivity index is 1.69. The van der Waals surface area contributed by atoms with Crippen LogP contribution in [0.1, 0.15) is 115 Å². The van der Waals surface area contributed by atoms with Crippen LogP contribution in [0, 0.1) is 0 Å². The number of rotatable bonds is 18. The Labute approximate surface area is 250 Å². The fourth-order valence-corrected chi connectivity index (χ4v) is 8.44. The van der Waals surface area contributed by atoms with Crippen molar-refractivity contribution in [1.82, 2.24) is 0 Å².